The lowest BCUT2D eigenvalue weighted by Gasteiger charge is -2.24. The van der Waals surface area contributed by atoms with E-state index in [0.29, 0.717) is 5.69 Å². The van der Waals surface area contributed by atoms with E-state index in [1.807, 2.05) is 12.1 Å². The minimum absolute atomic E-state index is 0.0652. The number of rotatable bonds is 1. The van der Waals surface area contributed by atoms with Gasteiger partial charge in [0, 0.05) is 0 Å². The molecule has 0 aliphatic carbocycles. The third-order valence-corrected chi connectivity index (χ3v) is 3.32. The number of benzene rings is 2. The first-order valence-corrected chi connectivity index (χ1v) is 6.49. The van der Waals surface area contributed by atoms with Gasteiger partial charge in [-0.15, -0.1) is 0 Å². The van der Waals surface area contributed by atoms with Crippen LogP contribution in [0.15, 0.2) is 36.4 Å². The topological polar surface area (TPSA) is 46.2 Å². The molecule has 0 aromatic heterocycles. The van der Waals surface area contributed by atoms with Crippen molar-refractivity contribution in [1.29, 1.82) is 0 Å². The molecule has 0 radical (unpaired) electrons. The van der Waals surface area contributed by atoms with Gasteiger partial charge < -0.3 is 10.8 Å². The Labute approximate surface area is 114 Å². The Morgan fingerprint density at radius 2 is 1.68 bits per heavy atom. The Morgan fingerprint density at radius 3 is 2.26 bits per heavy atom. The third-order valence-electron chi connectivity index (χ3n) is 3.32. The summed E-state index contributed by atoms with van der Waals surface area (Å²) in [7, 11) is 0. The number of aryl methyl sites for hydroxylation is 1. The van der Waals surface area contributed by atoms with Gasteiger partial charge in [-0.3, -0.25) is 0 Å². The fourth-order valence-corrected chi connectivity index (χ4v) is 2.27. The molecular weight excluding hydrogens is 234 g/mol. The lowest BCUT2D eigenvalue weighted by molar-refractivity contribution is 0.478. The van der Waals surface area contributed by atoms with Gasteiger partial charge in [-0.05, 0) is 41.2 Å². The first kappa shape index (κ1) is 13.5. The van der Waals surface area contributed by atoms with Gasteiger partial charge in [0.1, 0.15) is 5.75 Å². The minimum Gasteiger partial charge on any atom is -0.506 e. The standard InChI is InChI=1S/C17H21NO/c1-11-5-7-14(17(2,3)4)13(9-11)12-6-8-16(19)15(18)10-12/h5-10,19H,18H2,1-4H3. The number of hydrogen-bond acceptors (Lipinski definition) is 2. The molecule has 2 heteroatoms. The molecular formula is C17H21NO. The maximum atomic E-state index is 9.55. The van der Waals surface area contributed by atoms with Crippen molar-refractivity contribution in [1.82, 2.24) is 0 Å². The zero-order valence-corrected chi connectivity index (χ0v) is 12.0. The molecule has 0 heterocycles. The molecule has 2 aromatic rings. The summed E-state index contributed by atoms with van der Waals surface area (Å²) in [5.74, 6) is 0.133. The molecule has 3 N–H and O–H groups in total. The van der Waals surface area contributed by atoms with Crippen molar-refractivity contribution in [3.63, 3.8) is 0 Å². The number of anilines is 1. The van der Waals surface area contributed by atoms with Crippen LogP contribution in [0.5, 0.6) is 5.75 Å². The Hall–Kier alpha value is -1.96. The predicted molar refractivity (Wildman–Crippen MR) is 81.4 cm³/mol. The molecule has 0 saturated heterocycles. The Morgan fingerprint density at radius 1 is 1.00 bits per heavy atom. The summed E-state index contributed by atoms with van der Waals surface area (Å²) in [4.78, 5) is 0. The molecule has 0 atom stereocenters. The van der Waals surface area contributed by atoms with Crippen molar-refractivity contribution in [2.75, 3.05) is 5.73 Å². The normalized spacial score (nSPS) is 11.6. The average molecular weight is 255 g/mol. The molecule has 100 valence electrons. The van der Waals surface area contributed by atoms with E-state index in [4.69, 9.17) is 5.73 Å². The lowest BCUT2D eigenvalue weighted by atomic mass is 9.81. The number of nitrogens with two attached hydrogens (primary N) is 1. The Kier molecular flexibility index (Phi) is 3.27. The average Bonchev–Trinajstić information content (AvgIpc) is 2.31. The van der Waals surface area contributed by atoms with Crippen LogP contribution in [0.25, 0.3) is 11.1 Å². The molecule has 0 aliphatic heterocycles. The molecule has 0 bridgehead atoms. The summed E-state index contributed by atoms with van der Waals surface area (Å²) in [6.07, 6.45) is 0. The van der Waals surface area contributed by atoms with Crippen LogP contribution >= 0.6 is 0 Å². The molecule has 0 unspecified atom stereocenters. The second-order valence-corrected chi connectivity index (χ2v) is 6.07. The van der Waals surface area contributed by atoms with Crippen LogP contribution in [0.2, 0.25) is 0 Å². The number of nitrogen functional groups attached to an aromatic ring is 1. The van der Waals surface area contributed by atoms with E-state index in [2.05, 4.69) is 45.9 Å². The lowest BCUT2D eigenvalue weighted by Crippen LogP contribution is -2.12. The van der Waals surface area contributed by atoms with E-state index < -0.39 is 0 Å². The summed E-state index contributed by atoms with van der Waals surface area (Å²) < 4.78 is 0. The summed E-state index contributed by atoms with van der Waals surface area (Å²) in [6, 6.07) is 11.9. The fourth-order valence-electron chi connectivity index (χ4n) is 2.27. The zero-order chi connectivity index (χ0) is 14.2. The molecule has 2 nitrogen and oxygen atoms in total. The van der Waals surface area contributed by atoms with Crippen LogP contribution in [0.1, 0.15) is 31.9 Å². The number of phenols is 1. The number of phenolic OH excluding ortho intramolecular Hbond substituents is 1. The van der Waals surface area contributed by atoms with Gasteiger partial charge in [0.05, 0.1) is 5.69 Å². The highest BCUT2D eigenvalue weighted by molar-refractivity contribution is 5.74. The zero-order valence-electron chi connectivity index (χ0n) is 12.0. The van der Waals surface area contributed by atoms with Crippen molar-refractivity contribution in [2.45, 2.75) is 33.1 Å². The number of hydrogen-bond donors (Lipinski definition) is 2. The van der Waals surface area contributed by atoms with Gasteiger partial charge in [-0.1, -0.05) is 50.6 Å². The van der Waals surface area contributed by atoms with Gasteiger partial charge in [0.25, 0.3) is 0 Å². The molecule has 2 rings (SSSR count). The minimum atomic E-state index is 0.0652. The summed E-state index contributed by atoms with van der Waals surface area (Å²) >= 11 is 0. The van der Waals surface area contributed by atoms with Crippen LogP contribution in [0.3, 0.4) is 0 Å². The van der Waals surface area contributed by atoms with Crippen molar-refractivity contribution in [2.24, 2.45) is 0 Å². The second-order valence-electron chi connectivity index (χ2n) is 6.07. The van der Waals surface area contributed by atoms with Crippen LogP contribution in [-0.2, 0) is 5.41 Å². The van der Waals surface area contributed by atoms with Crippen molar-refractivity contribution in [3.8, 4) is 16.9 Å². The quantitative estimate of drug-likeness (QED) is 0.591. The van der Waals surface area contributed by atoms with Gasteiger partial charge in [0.2, 0.25) is 0 Å². The highest BCUT2D eigenvalue weighted by Crippen LogP contribution is 2.35. The van der Waals surface area contributed by atoms with Crippen LogP contribution < -0.4 is 5.73 Å². The summed E-state index contributed by atoms with van der Waals surface area (Å²) in [5, 5.41) is 9.55. The monoisotopic (exact) mass is 255 g/mol. The smallest absolute Gasteiger partial charge is 0.138 e. The first-order valence-electron chi connectivity index (χ1n) is 6.49. The molecule has 0 aliphatic rings. The predicted octanol–water partition coefficient (Wildman–Crippen LogP) is 4.25. The van der Waals surface area contributed by atoms with Crippen molar-refractivity contribution >= 4 is 5.69 Å². The highest BCUT2D eigenvalue weighted by atomic mass is 16.3. The number of aromatic hydroxyl groups is 1. The Bertz CT molecular complexity index is 609. The second kappa shape index (κ2) is 4.61. The van der Waals surface area contributed by atoms with E-state index in [9.17, 15) is 5.11 Å². The summed E-state index contributed by atoms with van der Waals surface area (Å²) in [5.41, 5.74) is 11.0. The molecule has 0 amide bonds. The van der Waals surface area contributed by atoms with Crippen LogP contribution in [0.4, 0.5) is 5.69 Å². The first-order chi connectivity index (χ1) is 8.79. The SMILES string of the molecule is Cc1ccc(C(C)(C)C)c(-c2ccc(O)c(N)c2)c1. The van der Waals surface area contributed by atoms with Crippen molar-refractivity contribution in [3.05, 3.63) is 47.5 Å². The van der Waals surface area contributed by atoms with E-state index in [1.165, 1.54) is 16.7 Å². The van der Waals surface area contributed by atoms with E-state index in [1.54, 1.807) is 6.07 Å². The van der Waals surface area contributed by atoms with Gasteiger partial charge in [-0.25, -0.2) is 0 Å². The van der Waals surface area contributed by atoms with Gasteiger partial charge >= 0.3 is 0 Å². The molecule has 0 spiro atoms. The fraction of sp³-hybridized carbons (Fsp3) is 0.294. The van der Waals surface area contributed by atoms with E-state index in [-0.39, 0.29) is 11.2 Å². The van der Waals surface area contributed by atoms with Gasteiger partial charge in [0.15, 0.2) is 0 Å². The maximum Gasteiger partial charge on any atom is 0.138 e. The van der Waals surface area contributed by atoms with Crippen LogP contribution in [0, 0.1) is 6.92 Å². The van der Waals surface area contributed by atoms with E-state index >= 15 is 0 Å². The molecule has 2 aromatic carbocycles. The third kappa shape index (κ3) is 2.73. The Balaban J connectivity index is 2.66. The maximum absolute atomic E-state index is 9.55. The van der Waals surface area contributed by atoms with Crippen LogP contribution in [-0.4, -0.2) is 5.11 Å². The van der Waals surface area contributed by atoms with Crippen molar-refractivity contribution < 1.29 is 5.11 Å². The van der Waals surface area contributed by atoms with E-state index in [0.717, 1.165) is 5.56 Å². The largest absolute Gasteiger partial charge is 0.506 e. The molecule has 0 saturated carbocycles. The highest BCUT2D eigenvalue weighted by Gasteiger charge is 2.19. The molecule has 0 fully saturated rings. The summed E-state index contributed by atoms with van der Waals surface area (Å²) in [6.45, 7) is 8.68. The van der Waals surface area contributed by atoms with Gasteiger partial charge in [-0.2, -0.15) is 0 Å². The molecule has 19 heavy (non-hydrogen) atoms.